The predicted molar refractivity (Wildman–Crippen MR) is 135 cm³/mol. The first kappa shape index (κ1) is 24.8. The molecule has 35 heavy (non-hydrogen) atoms. The fourth-order valence-corrected chi connectivity index (χ4v) is 3.93. The molecule has 2 N–H and O–H groups in total. The van der Waals surface area contributed by atoms with Crippen molar-refractivity contribution in [3.8, 4) is 22.8 Å². The van der Waals surface area contributed by atoms with Crippen molar-refractivity contribution >= 4 is 51.6 Å². The first-order valence-corrected chi connectivity index (χ1v) is 11.4. The molecule has 7 nitrogen and oxygen atoms in total. The van der Waals surface area contributed by atoms with Gasteiger partial charge in [-0.2, -0.15) is 18.3 Å². The molecular formula is C23H16ClF3IN5O2. The van der Waals surface area contributed by atoms with E-state index in [1.807, 2.05) is 35.8 Å². The van der Waals surface area contributed by atoms with Crippen molar-refractivity contribution in [2.75, 3.05) is 10.6 Å². The smallest absolute Gasteiger partial charge is 0.417 e. The molecule has 0 spiro atoms. The highest BCUT2D eigenvalue weighted by Crippen LogP contribution is 2.36. The summed E-state index contributed by atoms with van der Waals surface area (Å²) in [6, 6.07) is 10.9. The Kier molecular flexibility index (Phi) is 7.17. The van der Waals surface area contributed by atoms with Gasteiger partial charge in [0.05, 0.1) is 28.2 Å². The molecule has 2 aromatic heterocycles. The molecule has 0 fully saturated rings. The lowest BCUT2D eigenvalue weighted by molar-refractivity contribution is -0.137. The minimum absolute atomic E-state index is 0.0451. The summed E-state index contributed by atoms with van der Waals surface area (Å²) in [4.78, 5) is 16.7. The van der Waals surface area contributed by atoms with Crippen LogP contribution < -0.4 is 15.4 Å². The molecule has 0 aliphatic carbocycles. The third kappa shape index (κ3) is 6.22. The highest BCUT2D eigenvalue weighted by atomic mass is 127. The number of hydrogen-bond acceptors (Lipinski definition) is 4. The van der Waals surface area contributed by atoms with Gasteiger partial charge in [0.25, 0.3) is 0 Å². The molecule has 2 aromatic carbocycles. The second-order valence-corrected chi connectivity index (χ2v) is 8.86. The van der Waals surface area contributed by atoms with Gasteiger partial charge >= 0.3 is 12.2 Å². The van der Waals surface area contributed by atoms with E-state index in [4.69, 9.17) is 16.3 Å². The zero-order valence-electron chi connectivity index (χ0n) is 17.9. The Morgan fingerprint density at radius 1 is 1.09 bits per heavy atom. The molecule has 0 aliphatic rings. The van der Waals surface area contributed by atoms with Gasteiger partial charge in [-0.1, -0.05) is 11.6 Å². The second-order valence-electron chi connectivity index (χ2n) is 7.29. The number of ether oxygens (including phenoxy) is 1. The number of aromatic nitrogens is 3. The standard InChI is InChI=1S/C23H16ClF3IN5O2/c1-33-12-13(11-30-33)21-10-16(6-7-29-21)35-15-3-5-20(19(28)9-15)32-22(34)31-14-2-4-18(24)17(8-14)23(25,26)27/h2-12H,1H3,(H2,31,32,34). The largest absolute Gasteiger partial charge is 0.457 e. The first-order valence-electron chi connectivity index (χ1n) is 9.96. The van der Waals surface area contributed by atoms with Crippen molar-refractivity contribution in [2.45, 2.75) is 6.18 Å². The van der Waals surface area contributed by atoms with Crippen LogP contribution in [0.5, 0.6) is 11.5 Å². The third-order valence-corrected chi connectivity index (χ3v) is 5.91. The summed E-state index contributed by atoms with van der Waals surface area (Å²) in [5, 5.41) is 8.67. The lowest BCUT2D eigenvalue weighted by atomic mass is 10.2. The molecule has 4 aromatic rings. The number of anilines is 2. The highest BCUT2D eigenvalue weighted by molar-refractivity contribution is 14.1. The molecule has 4 rings (SSSR count). The maximum Gasteiger partial charge on any atom is 0.417 e. The number of carbonyl (C=O) groups is 1. The van der Waals surface area contributed by atoms with E-state index in [1.54, 1.807) is 47.4 Å². The maximum absolute atomic E-state index is 13.0. The van der Waals surface area contributed by atoms with Crippen LogP contribution in [0.15, 0.2) is 67.1 Å². The summed E-state index contributed by atoms with van der Waals surface area (Å²) in [5.74, 6) is 1.09. The molecule has 0 saturated carbocycles. The Bertz CT molecular complexity index is 1390. The number of nitrogens with one attached hydrogen (secondary N) is 2. The number of urea groups is 1. The van der Waals surface area contributed by atoms with Crippen molar-refractivity contribution in [2.24, 2.45) is 7.05 Å². The first-order chi connectivity index (χ1) is 16.6. The highest BCUT2D eigenvalue weighted by Gasteiger charge is 2.33. The van der Waals surface area contributed by atoms with E-state index in [2.05, 4.69) is 20.7 Å². The van der Waals surface area contributed by atoms with E-state index in [0.29, 0.717) is 26.5 Å². The van der Waals surface area contributed by atoms with Gasteiger partial charge in [-0.15, -0.1) is 0 Å². The van der Waals surface area contributed by atoms with E-state index >= 15 is 0 Å². The predicted octanol–water partition coefficient (Wildman–Crippen LogP) is 7.20. The van der Waals surface area contributed by atoms with E-state index < -0.39 is 22.8 Å². The van der Waals surface area contributed by atoms with Gasteiger partial charge in [0.1, 0.15) is 11.5 Å². The van der Waals surface area contributed by atoms with Gasteiger partial charge in [-0.3, -0.25) is 9.67 Å². The molecule has 180 valence electrons. The minimum Gasteiger partial charge on any atom is -0.457 e. The van der Waals surface area contributed by atoms with E-state index in [0.717, 1.165) is 17.7 Å². The average Bonchev–Trinajstić information content (AvgIpc) is 3.23. The number of rotatable bonds is 5. The van der Waals surface area contributed by atoms with Crippen LogP contribution >= 0.6 is 34.2 Å². The fourth-order valence-electron chi connectivity index (χ4n) is 3.09. The number of nitrogens with zero attached hydrogens (tertiary/aromatic N) is 3. The summed E-state index contributed by atoms with van der Waals surface area (Å²) in [7, 11) is 1.82. The van der Waals surface area contributed by atoms with Crippen LogP contribution in [0.25, 0.3) is 11.3 Å². The Morgan fingerprint density at radius 3 is 2.54 bits per heavy atom. The minimum atomic E-state index is -4.63. The van der Waals surface area contributed by atoms with Crippen LogP contribution in [0, 0.1) is 3.57 Å². The summed E-state index contributed by atoms with van der Waals surface area (Å²) < 4.78 is 47.4. The summed E-state index contributed by atoms with van der Waals surface area (Å²) >= 11 is 7.63. The third-order valence-electron chi connectivity index (χ3n) is 4.69. The molecule has 0 aliphatic heterocycles. The summed E-state index contributed by atoms with van der Waals surface area (Å²) in [5.41, 5.74) is 0.927. The normalized spacial score (nSPS) is 11.3. The maximum atomic E-state index is 13.0. The number of benzene rings is 2. The number of hydrogen-bond donors (Lipinski definition) is 2. The number of carbonyl (C=O) groups excluding carboxylic acids is 1. The van der Waals surface area contributed by atoms with Crippen molar-refractivity contribution in [3.63, 3.8) is 0 Å². The summed E-state index contributed by atoms with van der Waals surface area (Å²) in [6.07, 6.45) is 0.539. The molecule has 2 amide bonds. The molecule has 0 unspecified atom stereocenters. The molecule has 0 bridgehead atoms. The van der Waals surface area contributed by atoms with Crippen LogP contribution in [-0.2, 0) is 13.2 Å². The van der Waals surface area contributed by atoms with Gasteiger partial charge in [0.15, 0.2) is 0 Å². The number of aryl methyl sites for hydroxylation is 1. The van der Waals surface area contributed by atoms with E-state index in [9.17, 15) is 18.0 Å². The molecule has 0 saturated heterocycles. The van der Waals surface area contributed by atoms with Crippen LogP contribution in [0.1, 0.15) is 5.56 Å². The van der Waals surface area contributed by atoms with Gasteiger partial charge < -0.3 is 15.4 Å². The van der Waals surface area contributed by atoms with Crippen LogP contribution in [0.2, 0.25) is 5.02 Å². The van der Waals surface area contributed by atoms with Gasteiger partial charge in [0, 0.05) is 40.3 Å². The lowest BCUT2D eigenvalue weighted by Crippen LogP contribution is -2.20. The fraction of sp³-hybridized carbons (Fsp3) is 0.0870. The SMILES string of the molecule is Cn1cc(-c2cc(Oc3ccc(NC(=O)Nc4ccc(Cl)c(C(F)(F)F)c4)c(I)c3)ccn2)cn1. The Morgan fingerprint density at radius 2 is 1.86 bits per heavy atom. The molecule has 2 heterocycles. The topological polar surface area (TPSA) is 81.1 Å². The van der Waals surface area contributed by atoms with Crippen molar-refractivity contribution in [3.05, 3.63) is 81.3 Å². The summed E-state index contributed by atoms with van der Waals surface area (Å²) in [6.45, 7) is 0. The van der Waals surface area contributed by atoms with Crippen molar-refractivity contribution < 1.29 is 22.7 Å². The zero-order chi connectivity index (χ0) is 25.2. The van der Waals surface area contributed by atoms with Crippen LogP contribution in [0.4, 0.5) is 29.3 Å². The quantitative estimate of drug-likeness (QED) is 0.234. The van der Waals surface area contributed by atoms with Crippen LogP contribution in [-0.4, -0.2) is 20.8 Å². The lowest BCUT2D eigenvalue weighted by Gasteiger charge is -2.13. The van der Waals surface area contributed by atoms with Crippen LogP contribution in [0.3, 0.4) is 0 Å². The number of alkyl halides is 3. The van der Waals surface area contributed by atoms with E-state index in [-0.39, 0.29) is 5.69 Å². The Balaban J connectivity index is 1.43. The van der Waals surface area contributed by atoms with Crippen molar-refractivity contribution in [1.82, 2.24) is 14.8 Å². The Labute approximate surface area is 216 Å². The number of pyridine rings is 1. The Hall–Kier alpha value is -3.32. The van der Waals surface area contributed by atoms with E-state index in [1.165, 1.54) is 6.07 Å². The molecular weight excluding hydrogens is 598 g/mol. The van der Waals surface area contributed by atoms with Gasteiger partial charge in [-0.05, 0) is 65.1 Å². The zero-order valence-corrected chi connectivity index (χ0v) is 20.8. The molecule has 0 radical (unpaired) electrons. The van der Waals surface area contributed by atoms with Crippen molar-refractivity contribution in [1.29, 1.82) is 0 Å². The molecule has 0 atom stereocenters. The van der Waals surface area contributed by atoms with Gasteiger partial charge in [0.2, 0.25) is 0 Å². The second kappa shape index (κ2) is 10.1. The van der Waals surface area contributed by atoms with Gasteiger partial charge in [-0.25, -0.2) is 4.79 Å². The number of amides is 2. The monoisotopic (exact) mass is 613 g/mol. The molecule has 12 heteroatoms. The average molecular weight is 614 g/mol. The number of halogens is 5.